The molecule has 0 aliphatic carbocycles. The van der Waals surface area contributed by atoms with Crippen molar-refractivity contribution >= 4 is 33.3 Å². The quantitative estimate of drug-likeness (QED) is 0.556. The number of pyridine rings is 2. The Morgan fingerprint density at radius 2 is 2.04 bits per heavy atom. The molecule has 0 radical (unpaired) electrons. The summed E-state index contributed by atoms with van der Waals surface area (Å²) in [5.41, 5.74) is 4.86. The highest BCUT2D eigenvalue weighted by molar-refractivity contribution is 7.15. The van der Waals surface area contributed by atoms with Crippen LogP contribution in [0.2, 0.25) is 0 Å². The molecule has 0 fully saturated rings. The molecule has 4 heterocycles. The highest BCUT2D eigenvalue weighted by atomic mass is 32.1. The standard InChI is InChI=1S/C19H21N7S/c1-5-14-13(10-26(4)25-14)12-8-16-15(20-9-12)6-7-17(21-16)22-19-24-23-18(27-19)11(2)3/h6-11H,5H2,1-4H3,(H,21,22,24). The number of fused-ring (bicyclic) bond motifs is 1. The van der Waals surface area contributed by atoms with E-state index in [0.29, 0.717) is 5.92 Å². The number of aryl methyl sites for hydroxylation is 2. The molecular formula is C19H21N7S. The average Bonchev–Trinajstić information content (AvgIpc) is 3.27. The second kappa shape index (κ2) is 7.03. The smallest absolute Gasteiger partial charge is 0.211 e. The zero-order chi connectivity index (χ0) is 19.0. The van der Waals surface area contributed by atoms with Gasteiger partial charge in [0.15, 0.2) is 0 Å². The molecule has 0 bridgehead atoms. The van der Waals surface area contributed by atoms with Gasteiger partial charge in [0.2, 0.25) is 5.13 Å². The maximum Gasteiger partial charge on any atom is 0.211 e. The van der Waals surface area contributed by atoms with Crippen molar-refractivity contribution in [1.82, 2.24) is 29.9 Å². The van der Waals surface area contributed by atoms with Gasteiger partial charge in [-0.2, -0.15) is 5.10 Å². The van der Waals surface area contributed by atoms with Gasteiger partial charge in [-0.05, 0) is 24.6 Å². The highest BCUT2D eigenvalue weighted by Gasteiger charge is 2.12. The van der Waals surface area contributed by atoms with E-state index in [1.807, 2.05) is 36.3 Å². The summed E-state index contributed by atoms with van der Waals surface area (Å²) in [5, 5.41) is 17.9. The molecule has 0 amide bonds. The fourth-order valence-corrected chi connectivity index (χ4v) is 3.64. The second-order valence-corrected chi connectivity index (χ2v) is 7.71. The van der Waals surface area contributed by atoms with E-state index >= 15 is 0 Å². The summed E-state index contributed by atoms with van der Waals surface area (Å²) in [4.78, 5) is 9.28. The van der Waals surface area contributed by atoms with Crippen LogP contribution in [-0.4, -0.2) is 29.9 Å². The Bertz CT molecular complexity index is 1100. The lowest BCUT2D eigenvalue weighted by Crippen LogP contribution is -1.94. The zero-order valence-electron chi connectivity index (χ0n) is 15.8. The van der Waals surface area contributed by atoms with Crippen LogP contribution in [-0.2, 0) is 13.5 Å². The number of nitrogens with one attached hydrogen (secondary N) is 1. The fraction of sp³-hybridized carbons (Fsp3) is 0.316. The predicted octanol–water partition coefficient (Wildman–Crippen LogP) is 4.31. The molecule has 0 saturated heterocycles. The Morgan fingerprint density at radius 1 is 1.19 bits per heavy atom. The van der Waals surface area contributed by atoms with Crippen molar-refractivity contribution in [3.63, 3.8) is 0 Å². The van der Waals surface area contributed by atoms with E-state index in [2.05, 4.69) is 52.4 Å². The van der Waals surface area contributed by atoms with Crippen molar-refractivity contribution in [3.05, 3.63) is 41.3 Å². The summed E-state index contributed by atoms with van der Waals surface area (Å²) in [6, 6.07) is 5.93. The number of anilines is 2. The van der Waals surface area contributed by atoms with E-state index in [9.17, 15) is 0 Å². The first kappa shape index (κ1) is 17.5. The van der Waals surface area contributed by atoms with Gasteiger partial charge in [0.1, 0.15) is 10.8 Å². The van der Waals surface area contributed by atoms with E-state index in [0.717, 1.165) is 50.2 Å². The van der Waals surface area contributed by atoms with Gasteiger partial charge < -0.3 is 5.32 Å². The van der Waals surface area contributed by atoms with Crippen molar-refractivity contribution in [3.8, 4) is 11.1 Å². The predicted molar refractivity (Wildman–Crippen MR) is 108 cm³/mol. The number of hydrogen-bond acceptors (Lipinski definition) is 7. The summed E-state index contributed by atoms with van der Waals surface area (Å²) in [6.45, 7) is 6.32. The molecule has 4 aromatic heterocycles. The van der Waals surface area contributed by atoms with E-state index in [1.54, 1.807) is 11.3 Å². The van der Waals surface area contributed by atoms with Crippen LogP contribution in [0.4, 0.5) is 10.9 Å². The van der Waals surface area contributed by atoms with Gasteiger partial charge >= 0.3 is 0 Å². The molecule has 27 heavy (non-hydrogen) atoms. The molecule has 8 heteroatoms. The van der Waals surface area contributed by atoms with Crippen molar-refractivity contribution in [2.24, 2.45) is 7.05 Å². The topological polar surface area (TPSA) is 81.4 Å². The number of hydrogen-bond donors (Lipinski definition) is 1. The lowest BCUT2D eigenvalue weighted by atomic mass is 10.1. The van der Waals surface area contributed by atoms with Crippen molar-refractivity contribution in [2.45, 2.75) is 33.1 Å². The van der Waals surface area contributed by atoms with Crippen LogP contribution >= 0.6 is 11.3 Å². The van der Waals surface area contributed by atoms with Crippen LogP contribution in [0.1, 0.15) is 37.4 Å². The van der Waals surface area contributed by atoms with Crippen LogP contribution < -0.4 is 5.32 Å². The highest BCUT2D eigenvalue weighted by Crippen LogP contribution is 2.28. The zero-order valence-corrected chi connectivity index (χ0v) is 16.6. The molecule has 4 aromatic rings. The van der Waals surface area contributed by atoms with Gasteiger partial charge in [0.25, 0.3) is 0 Å². The monoisotopic (exact) mass is 379 g/mol. The normalized spacial score (nSPS) is 11.4. The van der Waals surface area contributed by atoms with Gasteiger partial charge in [0.05, 0.1) is 16.7 Å². The van der Waals surface area contributed by atoms with Gasteiger partial charge in [-0.15, -0.1) is 10.2 Å². The number of rotatable bonds is 5. The third-order valence-corrected chi connectivity index (χ3v) is 5.40. The first-order valence-corrected chi connectivity index (χ1v) is 9.75. The third-order valence-electron chi connectivity index (χ3n) is 4.26. The molecule has 0 aromatic carbocycles. The minimum atomic E-state index is 0.363. The van der Waals surface area contributed by atoms with Gasteiger partial charge in [-0.1, -0.05) is 32.1 Å². The molecule has 7 nitrogen and oxygen atoms in total. The number of aromatic nitrogens is 6. The van der Waals surface area contributed by atoms with E-state index in [4.69, 9.17) is 4.98 Å². The SMILES string of the molecule is CCc1nn(C)cc1-c1cnc2ccc(Nc3nnc(C(C)C)s3)nc2c1. The van der Waals surface area contributed by atoms with Crippen molar-refractivity contribution in [2.75, 3.05) is 5.32 Å². The second-order valence-electron chi connectivity index (χ2n) is 6.70. The Morgan fingerprint density at radius 3 is 2.78 bits per heavy atom. The molecular weight excluding hydrogens is 358 g/mol. The summed E-state index contributed by atoms with van der Waals surface area (Å²) < 4.78 is 1.84. The molecule has 0 aliphatic rings. The largest absolute Gasteiger partial charge is 0.315 e. The van der Waals surface area contributed by atoms with Crippen LogP contribution in [0.15, 0.2) is 30.6 Å². The molecule has 0 saturated carbocycles. The van der Waals surface area contributed by atoms with Crippen LogP contribution in [0, 0.1) is 0 Å². The summed E-state index contributed by atoms with van der Waals surface area (Å²) in [6.07, 6.45) is 4.78. The van der Waals surface area contributed by atoms with Crippen LogP contribution in [0.3, 0.4) is 0 Å². The van der Waals surface area contributed by atoms with Crippen molar-refractivity contribution < 1.29 is 0 Å². The van der Waals surface area contributed by atoms with E-state index in [1.165, 1.54) is 0 Å². The minimum absolute atomic E-state index is 0.363. The minimum Gasteiger partial charge on any atom is -0.315 e. The van der Waals surface area contributed by atoms with Gasteiger partial charge in [-0.25, -0.2) is 4.98 Å². The first-order valence-electron chi connectivity index (χ1n) is 8.93. The Labute approximate surface area is 161 Å². The molecule has 138 valence electrons. The fourth-order valence-electron chi connectivity index (χ4n) is 2.89. The third kappa shape index (κ3) is 3.52. The first-order chi connectivity index (χ1) is 13.0. The summed E-state index contributed by atoms with van der Waals surface area (Å²) in [7, 11) is 1.94. The van der Waals surface area contributed by atoms with Crippen LogP contribution in [0.5, 0.6) is 0 Å². The molecule has 0 atom stereocenters. The summed E-state index contributed by atoms with van der Waals surface area (Å²) in [5.74, 6) is 1.09. The molecule has 4 rings (SSSR count). The molecule has 0 aliphatic heterocycles. The van der Waals surface area contributed by atoms with Gasteiger partial charge in [0, 0.05) is 36.5 Å². The lowest BCUT2D eigenvalue weighted by Gasteiger charge is -2.05. The maximum absolute atomic E-state index is 4.71. The Hall–Kier alpha value is -2.87. The molecule has 0 spiro atoms. The van der Waals surface area contributed by atoms with E-state index < -0.39 is 0 Å². The van der Waals surface area contributed by atoms with Crippen LogP contribution in [0.25, 0.3) is 22.2 Å². The lowest BCUT2D eigenvalue weighted by molar-refractivity contribution is 0.746. The number of nitrogens with zero attached hydrogens (tertiary/aromatic N) is 6. The molecule has 0 unspecified atom stereocenters. The average molecular weight is 379 g/mol. The summed E-state index contributed by atoms with van der Waals surface area (Å²) >= 11 is 1.55. The van der Waals surface area contributed by atoms with Gasteiger partial charge in [-0.3, -0.25) is 9.67 Å². The van der Waals surface area contributed by atoms with E-state index in [-0.39, 0.29) is 0 Å². The maximum atomic E-state index is 4.71. The molecule has 1 N–H and O–H groups in total. The van der Waals surface area contributed by atoms with Crippen molar-refractivity contribution in [1.29, 1.82) is 0 Å². The Balaban J connectivity index is 1.68. The Kier molecular flexibility index (Phi) is 4.57.